The summed E-state index contributed by atoms with van der Waals surface area (Å²) in [5.74, 6) is 0.397. The Morgan fingerprint density at radius 1 is 1.30 bits per heavy atom. The summed E-state index contributed by atoms with van der Waals surface area (Å²) in [5, 5.41) is 10.2. The summed E-state index contributed by atoms with van der Waals surface area (Å²) in [6.45, 7) is 2.49. The predicted octanol–water partition coefficient (Wildman–Crippen LogP) is 1.58. The smallest absolute Gasteiger partial charge is 0.214 e. The van der Waals surface area contributed by atoms with Crippen molar-refractivity contribution in [1.82, 2.24) is 4.31 Å². The highest BCUT2D eigenvalue weighted by Gasteiger charge is 2.55. The van der Waals surface area contributed by atoms with Crippen molar-refractivity contribution in [2.24, 2.45) is 5.92 Å². The summed E-state index contributed by atoms with van der Waals surface area (Å²) in [5.41, 5.74) is 0.289. The fourth-order valence-corrected chi connectivity index (χ4v) is 4.81. The van der Waals surface area contributed by atoms with Gasteiger partial charge in [0.05, 0.1) is 11.4 Å². The minimum absolute atomic E-state index is 0.0317. The molecule has 110 valence electrons. The first-order chi connectivity index (χ1) is 9.41. The molecule has 5 heteroatoms. The monoisotopic (exact) mass is 295 g/mol. The second-order valence-corrected chi connectivity index (χ2v) is 8.25. The summed E-state index contributed by atoms with van der Waals surface area (Å²) >= 11 is 0. The van der Waals surface area contributed by atoms with Crippen LogP contribution in [0.5, 0.6) is 0 Å². The Hall–Kier alpha value is -0.910. The molecule has 1 N–H and O–H groups in total. The highest BCUT2D eigenvalue weighted by molar-refractivity contribution is 7.89. The highest BCUT2D eigenvalue weighted by atomic mass is 32.2. The minimum Gasteiger partial charge on any atom is -0.387 e. The van der Waals surface area contributed by atoms with Crippen LogP contribution in [0.1, 0.15) is 31.2 Å². The van der Waals surface area contributed by atoms with Gasteiger partial charge in [-0.15, -0.1) is 0 Å². The molecule has 0 amide bonds. The molecule has 1 aliphatic carbocycles. The van der Waals surface area contributed by atoms with Gasteiger partial charge in [-0.25, -0.2) is 8.42 Å². The molecule has 2 aliphatic rings. The van der Waals surface area contributed by atoms with Gasteiger partial charge in [0.15, 0.2) is 0 Å². The van der Waals surface area contributed by atoms with Gasteiger partial charge < -0.3 is 5.11 Å². The third-order valence-electron chi connectivity index (χ3n) is 4.46. The van der Waals surface area contributed by atoms with Crippen molar-refractivity contribution in [2.45, 2.75) is 31.3 Å². The molecule has 1 aromatic rings. The first-order valence-electron chi connectivity index (χ1n) is 7.16. The Bertz CT molecular complexity index is 574. The molecule has 3 rings (SSSR count). The Balaban J connectivity index is 1.62. The average molecular weight is 295 g/mol. The van der Waals surface area contributed by atoms with Crippen molar-refractivity contribution in [3.05, 3.63) is 35.9 Å². The Labute approximate surface area is 120 Å². The van der Waals surface area contributed by atoms with E-state index in [1.165, 1.54) is 4.31 Å². The van der Waals surface area contributed by atoms with Crippen molar-refractivity contribution in [3.63, 3.8) is 0 Å². The van der Waals surface area contributed by atoms with E-state index >= 15 is 0 Å². The Morgan fingerprint density at radius 3 is 2.45 bits per heavy atom. The van der Waals surface area contributed by atoms with Crippen LogP contribution in [-0.2, 0) is 10.0 Å². The Morgan fingerprint density at radius 2 is 1.90 bits per heavy atom. The van der Waals surface area contributed by atoms with E-state index in [0.717, 1.165) is 18.4 Å². The van der Waals surface area contributed by atoms with Crippen LogP contribution in [0, 0.1) is 5.92 Å². The second-order valence-electron chi connectivity index (χ2n) is 6.24. The SMILES string of the molecule is CC(CS(=O)(=O)N1CC(O)(C2CC2)C1)c1ccccc1. The van der Waals surface area contributed by atoms with Gasteiger partial charge in [0.2, 0.25) is 10.0 Å². The second kappa shape index (κ2) is 4.83. The van der Waals surface area contributed by atoms with Crippen LogP contribution in [-0.4, -0.2) is 42.3 Å². The van der Waals surface area contributed by atoms with Crippen LogP contribution >= 0.6 is 0 Å². The molecule has 0 radical (unpaired) electrons. The quantitative estimate of drug-likeness (QED) is 0.897. The lowest BCUT2D eigenvalue weighted by Gasteiger charge is -2.46. The summed E-state index contributed by atoms with van der Waals surface area (Å²) in [6, 6.07) is 9.69. The van der Waals surface area contributed by atoms with Gasteiger partial charge in [0, 0.05) is 13.1 Å². The molecule has 4 nitrogen and oxygen atoms in total. The van der Waals surface area contributed by atoms with Crippen molar-refractivity contribution in [1.29, 1.82) is 0 Å². The van der Waals surface area contributed by atoms with E-state index < -0.39 is 15.6 Å². The maximum atomic E-state index is 12.3. The van der Waals surface area contributed by atoms with Crippen LogP contribution in [0.15, 0.2) is 30.3 Å². The molecule has 0 spiro atoms. The van der Waals surface area contributed by atoms with Gasteiger partial charge in [-0.3, -0.25) is 0 Å². The van der Waals surface area contributed by atoms with Crippen LogP contribution in [0.3, 0.4) is 0 Å². The summed E-state index contributed by atoms with van der Waals surface area (Å²) in [6.07, 6.45) is 2.07. The zero-order valence-corrected chi connectivity index (χ0v) is 12.5. The number of sulfonamides is 1. The third kappa shape index (κ3) is 2.62. The van der Waals surface area contributed by atoms with E-state index in [2.05, 4.69) is 0 Å². The lowest BCUT2D eigenvalue weighted by Crippen LogP contribution is -2.65. The maximum Gasteiger partial charge on any atom is 0.214 e. The number of hydrogen-bond acceptors (Lipinski definition) is 3. The third-order valence-corrected chi connectivity index (χ3v) is 6.43. The van der Waals surface area contributed by atoms with Gasteiger partial charge in [0.25, 0.3) is 0 Å². The van der Waals surface area contributed by atoms with Gasteiger partial charge in [-0.1, -0.05) is 37.3 Å². The number of β-amino-alcohol motifs (C(OH)–C–C–N with tert-alkyl or cyclic N) is 1. The fraction of sp³-hybridized carbons (Fsp3) is 0.600. The molecular formula is C15H21NO3S. The number of hydrogen-bond donors (Lipinski definition) is 1. The molecule has 0 aromatic heterocycles. The molecule has 1 heterocycles. The largest absolute Gasteiger partial charge is 0.387 e. The molecule has 1 saturated carbocycles. The minimum atomic E-state index is -3.27. The van der Waals surface area contributed by atoms with Crippen molar-refractivity contribution < 1.29 is 13.5 Å². The molecule has 2 fully saturated rings. The first kappa shape index (κ1) is 14.0. The van der Waals surface area contributed by atoms with E-state index in [9.17, 15) is 13.5 Å². The zero-order valence-electron chi connectivity index (χ0n) is 11.7. The first-order valence-corrected chi connectivity index (χ1v) is 8.77. The lowest BCUT2D eigenvalue weighted by atomic mass is 9.91. The number of benzene rings is 1. The number of rotatable bonds is 5. The highest BCUT2D eigenvalue weighted by Crippen LogP contribution is 2.45. The van der Waals surface area contributed by atoms with Gasteiger partial charge >= 0.3 is 0 Å². The fourth-order valence-electron chi connectivity index (χ4n) is 2.94. The molecule has 1 unspecified atom stereocenters. The molecule has 20 heavy (non-hydrogen) atoms. The van der Waals surface area contributed by atoms with Gasteiger partial charge in [0.1, 0.15) is 0 Å². The van der Waals surface area contributed by atoms with Crippen LogP contribution in [0.25, 0.3) is 0 Å². The van der Waals surface area contributed by atoms with Crippen molar-refractivity contribution in [3.8, 4) is 0 Å². The van der Waals surface area contributed by atoms with E-state index in [-0.39, 0.29) is 24.8 Å². The summed E-state index contributed by atoms with van der Waals surface area (Å²) < 4.78 is 26.1. The van der Waals surface area contributed by atoms with Crippen LogP contribution in [0.4, 0.5) is 0 Å². The van der Waals surface area contributed by atoms with Crippen LogP contribution in [0.2, 0.25) is 0 Å². The van der Waals surface area contributed by atoms with Crippen molar-refractivity contribution in [2.75, 3.05) is 18.8 Å². The molecule has 1 aromatic carbocycles. The van der Waals surface area contributed by atoms with Crippen LogP contribution < -0.4 is 0 Å². The topological polar surface area (TPSA) is 57.6 Å². The molecule has 1 saturated heterocycles. The van der Waals surface area contributed by atoms with E-state index in [0.29, 0.717) is 5.92 Å². The van der Waals surface area contributed by atoms with Gasteiger partial charge in [-0.05, 0) is 30.2 Å². The molecule has 1 aliphatic heterocycles. The molecule has 1 atom stereocenters. The predicted molar refractivity (Wildman–Crippen MR) is 77.9 cm³/mol. The average Bonchev–Trinajstić information content (AvgIpc) is 3.20. The normalized spacial score (nSPS) is 24.1. The van der Waals surface area contributed by atoms with E-state index in [4.69, 9.17) is 0 Å². The molecule has 0 bridgehead atoms. The zero-order chi connectivity index (χ0) is 14.4. The van der Waals surface area contributed by atoms with Crippen molar-refractivity contribution >= 4 is 10.0 Å². The number of aliphatic hydroxyl groups is 1. The Kier molecular flexibility index (Phi) is 3.39. The number of nitrogens with zero attached hydrogens (tertiary/aromatic N) is 1. The van der Waals surface area contributed by atoms with E-state index in [1.54, 1.807) is 0 Å². The van der Waals surface area contributed by atoms with Gasteiger partial charge in [-0.2, -0.15) is 4.31 Å². The summed E-state index contributed by atoms with van der Waals surface area (Å²) in [4.78, 5) is 0. The van der Waals surface area contributed by atoms with E-state index in [1.807, 2.05) is 37.3 Å². The maximum absolute atomic E-state index is 12.3. The standard InChI is InChI=1S/C15H21NO3S/c1-12(13-5-3-2-4-6-13)9-20(18,19)16-10-15(17,11-16)14-7-8-14/h2-6,12,14,17H,7-11H2,1H3. The molecular weight excluding hydrogens is 274 g/mol. The summed E-state index contributed by atoms with van der Waals surface area (Å²) in [7, 11) is -3.27. The lowest BCUT2D eigenvalue weighted by molar-refractivity contribution is -0.0765.